The molecule has 0 aliphatic rings. The molecule has 1 aromatic carbocycles. The Balaban J connectivity index is 2.41. The second-order valence-electron chi connectivity index (χ2n) is 3.28. The summed E-state index contributed by atoms with van der Waals surface area (Å²) in [4.78, 5) is 1.36. The number of hydrogen-bond donors (Lipinski definition) is 0. The van der Waals surface area contributed by atoms with Gasteiger partial charge in [0.1, 0.15) is 0 Å². The van der Waals surface area contributed by atoms with Gasteiger partial charge >= 0.3 is 0 Å². The molecule has 1 aromatic rings. The van der Waals surface area contributed by atoms with Gasteiger partial charge in [0.25, 0.3) is 0 Å². The van der Waals surface area contributed by atoms with Crippen molar-refractivity contribution >= 4 is 27.7 Å². The maximum atomic E-state index is 3.43. The number of halogens is 1. The van der Waals surface area contributed by atoms with Gasteiger partial charge in [-0.3, -0.25) is 0 Å². The van der Waals surface area contributed by atoms with Gasteiger partial charge in [0.2, 0.25) is 0 Å². The summed E-state index contributed by atoms with van der Waals surface area (Å²) in [6.45, 7) is 4.54. The first-order chi connectivity index (χ1) is 6.22. The molecule has 0 heterocycles. The molecule has 0 aliphatic carbocycles. The van der Waals surface area contributed by atoms with Crippen molar-refractivity contribution in [3.63, 3.8) is 0 Å². The lowest BCUT2D eigenvalue weighted by atomic mass is 10.2. The van der Waals surface area contributed by atoms with E-state index >= 15 is 0 Å². The molecule has 0 nitrogen and oxygen atoms in total. The van der Waals surface area contributed by atoms with Crippen molar-refractivity contribution < 1.29 is 0 Å². The standard InChI is InChI=1S/C11H15BrS/c1-3-9(2)8-13-11-6-4-10(12)5-7-11/h4-7,9H,3,8H2,1-2H3. The normalized spacial score (nSPS) is 12.8. The molecule has 13 heavy (non-hydrogen) atoms. The lowest BCUT2D eigenvalue weighted by Gasteiger charge is -2.07. The zero-order valence-corrected chi connectivity index (χ0v) is 10.5. The Hall–Kier alpha value is 0.0500. The third-order valence-electron chi connectivity index (χ3n) is 2.05. The fraction of sp³-hybridized carbons (Fsp3) is 0.455. The van der Waals surface area contributed by atoms with Gasteiger partial charge in [0.15, 0.2) is 0 Å². The number of thioether (sulfide) groups is 1. The lowest BCUT2D eigenvalue weighted by Crippen LogP contribution is -1.94. The van der Waals surface area contributed by atoms with Crippen LogP contribution in [0, 0.1) is 5.92 Å². The molecule has 0 spiro atoms. The predicted molar refractivity (Wildman–Crippen MR) is 64.3 cm³/mol. The van der Waals surface area contributed by atoms with Crippen LogP contribution in [0.5, 0.6) is 0 Å². The summed E-state index contributed by atoms with van der Waals surface area (Å²) in [7, 11) is 0. The van der Waals surface area contributed by atoms with Gasteiger partial charge in [-0.2, -0.15) is 0 Å². The molecular formula is C11H15BrS. The van der Waals surface area contributed by atoms with Gasteiger partial charge in [-0.25, -0.2) is 0 Å². The van der Waals surface area contributed by atoms with Crippen LogP contribution < -0.4 is 0 Å². The van der Waals surface area contributed by atoms with Crippen molar-refractivity contribution in [3.8, 4) is 0 Å². The zero-order chi connectivity index (χ0) is 9.68. The van der Waals surface area contributed by atoms with Gasteiger partial charge in [-0.05, 0) is 30.2 Å². The molecule has 72 valence electrons. The van der Waals surface area contributed by atoms with Crippen LogP contribution in [-0.2, 0) is 0 Å². The van der Waals surface area contributed by atoms with E-state index in [4.69, 9.17) is 0 Å². The van der Waals surface area contributed by atoms with Crippen LogP contribution in [-0.4, -0.2) is 5.75 Å². The molecule has 1 rings (SSSR count). The summed E-state index contributed by atoms with van der Waals surface area (Å²) in [5.74, 6) is 2.03. The van der Waals surface area contributed by atoms with Crippen molar-refractivity contribution in [2.45, 2.75) is 25.2 Å². The molecular weight excluding hydrogens is 244 g/mol. The van der Waals surface area contributed by atoms with Gasteiger partial charge < -0.3 is 0 Å². The Morgan fingerprint density at radius 2 is 1.92 bits per heavy atom. The third kappa shape index (κ3) is 4.19. The largest absolute Gasteiger partial charge is 0.126 e. The SMILES string of the molecule is CCC(C)CSc1ccc(Br)cc1. The average molecular weight is 259 g/mol. The molecule has 0 aromatic heterocycles. The van der Waals surface area contributed by atoms with Gasteiger partial charge in [-0.15, -0.1) is 11.8 Å². The number of rotatable bonds is 4. The van der Waals surface area contributed by atoms with Crippen LogP contribution in [0.25, 0.3) is 0 Å². The molecule has 0 amide bonds. The van der Waals surface area contributed by atoms with Crippen LogP contribution in [0.3, 0.4) is 0 Å². The minimum atomic E-state index is 0.814. The van der Waals surface area contributed by atoms with E-state index in [2.05, 4.69) is 54.0 Å². The maximum absolute atomic E-state index is 3.43. The van der Waals surface area contributed by atoms with Gasteiger partial charge in [0, 0.05) is 15.1 Å². The van der Waals surface area contributed by atoms with E-state index in [1.807, 2.05) is 11.8 Å². The van der Waals surface area contributed by atoms with Crippen molar-refractivity contribution in [1.82, 2.24) is 0 Å². The van der Waals surface area contributed by atoms with E-state index in [9.17, 15) is 0 Å². The number of hydrogen-bond acceptors (Lipinski definition) is 1. The molecule has 0 bridgehead atoms. The Kier molecular flexibility index (Phi) is 4.89. The smallest absolute Gasteiger partial charge is 0.0176 e. The molecule has 0 saturated heterocycles. The van der Waals surface area contributed by atoms with Crippen LogP contribution in [0.1, 0.15) is 20.3 Å². The van der Waals surface area contributed by atoms with E-state index < -0.39 is 0 Å². The summed E-state index contributed by atoms with van der Waals surface area (Å²) in [5, 5.41) is 0. The van der Waals surface area contributed by atoms with Crippen molar-refractivity contribution in [3.05, 3.63) is 28.7 Å². The molecule has 0 aliphatic heterocycles. The Bertz CT molecular complexity index is 243. The summed E-state index contributed by atoms with van der Waals surface area (Å²) in [5.41, 5.74) is 0. The van der Waals surface area contributed by atoms with E-state index in [0.29, 0.717) is 0 Å². The lowest BCUT2D eigenvalue weighted by molar-refractivity contribution is 0.637. The van der Waals surface area contributed by atoms with Crippen LogP contribution in [0.2, 0.25) is 0 Å². The van der Waals surface area contributed by atoms with E-state index in [-0.39, 0.29) is 0 Å². The molecule has 0 radical (unpaired) electrons. The Labute approximate surface area is 93.2 Å². The minimum Gasteiger partial charge on any atom is -0.126 e. The first-order valence-electron chi connectivity index (χ1n) is 4.60. The highest BCUT2D eigenvalue weighted by Crippen LogP contribution is 2.23. The van der Waals surface area contributed by atoms with E-state index in [0.717, 1.165) is 10.4 Å². The van der Waals surface area contributed by atoms with Crippen LogP contribution in [0.15, 0.2) is 33.6 Å². The average Bonchev–Trinajstić information content (AvgIpc) is 2.16. The molecule has 2 heteroatoms. The minimum absolute atomic E-state index is 0.814. The highest BCUT2D eigenvalue weighted by atomic mass is 79.9. The topological polar surface area (TPSA) is 0 Å². The summed E-state index contributed by atoms with van der Waals surface area (Å²) < 4.78 is 1.15. The zero-order valence-electron chi connectivity index (χ0n) is 8.09. The van der Waals surface area contributed by atoms with Gasteiger partial charge in [-0.1, -0.05) is 36.2 Å². The first-order valence-corrected chi connectivity index (χ1v) is 6.38. The third-order valence-corrected chi connectivity index (χ3v) is 3.91. The first kappa shape index (κ1) is 11.1. The van der Waals surface area contributed by atoms with Crippen LogP contribution >= 0.6 is 27.7 Å². The molecule has 1 atom stereocenters. The Morgan fingerprint density at radius 1 is 1.31 bits per heavy atom. The van der Waals surface area contributed by atoms with Crippen molar-refractivity contribution in [1.29, 1.82) is 0 Å². The molecule has 0 saturated carbocycles. The van der Waals surface area contributed by atoms with Gasteiger partial charge in [0.05, 0.1) is 0 Å². The summed E-state index contributed by atoms with van der Waals surface area (Å²) in [6.07, 6.45) is 1.27. The van der Waals surface area contributed by atoms with Crippen LogP contribution in [0.4, 0.5) is 0 Å². The number of benzene rings is 1. The molecule has 1 unspecified atom stereocenters. The molecule has 0 N–H and O–H groups in total. The summed E-state index contributed by atoms with van der Waals surface area (Å²) in [6, 6.07) is 8.52. The molecule has 0 fully saturated rings. The van der Waals surface area contributed by atoms with E-state index in [1.54, 1.807) is 0 Å². The Morgan fingerprint density at radius 3 is 2.46 bits per heavy atom. The van der Waals surface area contributed by atoms with Crippen molar-refractivity contribution in [2.24, 2.45) is 5.92 Å². The fourth-order valence-corrected chi connectivity index (χ4v) is 2.19. The second-order valence-corrected chi connectivity index (χ2v) is 5.29. The highest BCUT2D eigenvalue weighted by Gasteiger charge is 1.99. The maximum Gasteiger partial charge on any atom is 0.0176 e. The quantitative estimate of drug-likeness (QED) is 0.713. The van der Waals surface area contributed by atoms with Crippen molar-refractivity contribution in [2.75, 3.05) is 5.75 Å². The summed E-state index contributed by atoms with van der Waals surface area (Å²) >= 11 is 5.37. The highest BCUT2D eigenvalue weighted by molar-refractivity contribution is 9.10. The monoisotopic (exact) mass is 258 g/mol. The predicted octanol–water partition coefficient (Wildman–Crippen LogP) is 4.59. The second kappa shape index (κ2) is 5.71. The van der Waals surface area contributed by atoms with E-state index in [1.165, 1.54) is 17.1 Å². The fourth-order valence-electron chi connectivity index (χ4n) is 0.887.